The van der Waals surface area contributed by atoms with Crippen LogP contribution < -0.4 is 10.1 Å². The number of carbonyl (C=O) groups is 3. The predicted octanol–water partition coefficient (Wildman–Crippen LogP) is 5.87. The maximum atomic E-state index is 14.6. The van der Waals surface area contributed by atoms with Crippen molar-refractivity contribution in [3.63, 3.8) is 0 Å². The fourth-order valence-electron chi connectivity index (χ4n) is 5.14. The Kier molecular flexibility index (Phi) is 12.2. The maximum absolute atomic E-state index is 14.6. The summed E-state index contributed by atoms with van der Waals surface area (Å²) in [6, 6.07) is 12.8. The van der Waals surface area contributed by atoms with Crippen molar-refractivity contribution in [3.05, 3.63) is 65.5 Å². The molecule has 42 heavy (non-hydrogen) atoms. The van der Waals surface area contributed by atoms with Gasteiger partial charge < -0.3 is 19.7 Å². The minimum Gasteiger partial charge on any atom is -0.493 e. The minimum atomic E-state index is -0.864. The molecule has 8 nitrogen and oxygen atoms in total. The molecule has 1 aliphatic heterocycles. The van der Waals surface area contributed by atoms with Gasteiger partial charge >= 0.3 is 6.09 Å². The van der Waals surface area contributed by atoms with Crippen molar-refractivity contribution in [1.29, 1.82) is 0 Å². The van der Waals surface area contributed by atoms with Crippen LogP contribution in [-0.4, -0.2) is 65.1 Å². The van der Waals surface area contributed by atoms with E-state index in [4.69, 9.17) is 9.47 Å². The highest BCUT2D eigenvalue weighted by molar-refractivity contribution is 5.87. The van der Waals surface area contributed by atoms with Gasteiger partial charge in [-0.3, -0.25) is 14.5 Å². The number of rotatable bonds is 13. The third kappa shape index (κ3) is 10.7. The molecule has 1 fully saturated rings. The van der Waals surface area contributed by atoms with E-state index >= 15 is 0 Å². The molecule has 2 aromatic carbocycles. The third-order valence-corrected chi connectivity index (χ3v) is 7.02. The molecule has 1 heterocycles. The SMILES string of the molecule is CCCCCCOc1cc(F)cc(C[C@@H](C[C@H]2C(=O)N(Cc3ccccc3)CCN2C(=O)OC(C)(C)C)NC(C)=O)c1. The standard InChI is InChI=1S/C33H46FN3O5/c1-6-7-8-12-17-41-29-20-26(18-27(34)21-29)19-28(35-24(2)38)22-30-31(39)36(23-25-13-10-9-11-14-25)15-16-37(30)32(40)42-33(3,4)5/h9-11,13-14,18,20-21,28,30H,6-8,12,15-17,19,22-23H2,1-5H3,(H,35,38)/t28-,30-/m0/s1. The van der Waals surface area contributed by atoms with Gasteiger partial charge in [0.1, 0.15) is 23.2 Å². The molecular formula is C33H46FN3O5. The normalized spacial score (nSPS) is 16.2. The summed E-state index contributed by atoms with van der Waals surface area (Å²) in [5.74, 6) is -0.504. The lowest BCUT2D eigenvalue weighted by molar-refractivity contribution is -0.143. The summed E-state index contributed by atoms with van der Waals surface area (Å²) in [6.07, 6.45) is 4.01. The molecule has 3 rings (SSSR count). The van der Waals surface area contributed by atoms with Gasteiger partial charge in [-0.15, -0.1) is 0 Å². The zero-order valence-electron chi connectivity index (χ0n) is 25.7. The van der Waals surface area contributed by atoms with Crippen LogP contribution in [0.4, 0.5) is 9.18 Å². The molecule has 0 bridgehead atoms. The molecule has 230 valence electrons. The van der Waals surface area contributed by atoms with Gasteiger partial charge in [0.15, 0.2) is 0 Å². The first-order valence-electron chi connectivity index (χ1n) is 15.0. The van der Waals surface area contributed by atoms with E-state index in [1.54, 1.807) is 31.7 Å². The first-order chi connectivity index (χ1) is 19.9. The molecule has 0 spiro atoms. The van der Waals surface area contributed by atoms with Crippen molar-refractivity contribution in [2.45, 2.75) is 97.4 Å². The largest absolute Gasteiger partial charge is 0.493 e. The Morgan fingerprint density at radius 1 is 1.05 bits per heavy atom. The van der Waals surface area contributed by atoms with Crippen LogP contribution in [-0.2, 0) is 27.3 Å². The predicted molar refractivity (Wildman–Crippen MR) is 161 cm³/mol. The van der Waals surface area contributed by atoms with Crippen LogP contribution in [0, 0.1) is 5.82 Å². The first-order valence-corrected chi connectivity index (χ1v) is 15.0. The number of ether oxygens (including phenoxy) is 2. The lowest BCUT2D eigenvalue weighted by Crippen LogP contribution is -2.60. The summed E-state index contributed by atoms with van der Waals surface area (Å²) in [4.78, 5) is 42.5. The molecule has 1 N–H and O–H groups in total. The number of unbranched alkanes of at least 4 members (excludes halogenated alkanes) is 3. The molecule has 2 aromatic rings. The van der Waals surface area contributed by atoms with Crippen LogP contribution in [0.25, 0.3) is 0 Å². The molecule has 0 aliphatic carbocycles. The molecule has 3 amide bonds. The number of halogens is 1. The van der Waals surface area contributed by atoms with Crippen LogP contribution in [0.15, 0.2) is 48.5 Å². The van der Waals surface area contributed by atoms with Gasteiger partial charge in [-0.05, 0) is 63.3 Å². The fourth-order valence-corrected chi connectivity index (χ4v) is 5.14. The average Bonchev–Trinajstić information content (AvgIpc) is 2.90. The second kappa shape index (κ2) is 15.6. The summed E-state index contributed by atoms with van der Waals surface area (Å²) < 4.78 is 26.0. The van der Waals surface area contributed by atoms with Gasteiger partial charge in [0.25, 0.3) is 0 Å². The number of benzene rings is 2. The van der Waals surface area contributed by atoms with Crippen molar-refractivity contribution < 1.29 is 28.2 Å². The zero-order chi connectivity index (χ0) is 30.7. The van der Waals surface area contributed by atoms with Crippen molar-refractivity contribution in [2.75, 3.05) is 19.7 Å². The van der Waals surface area contributed by atoms with Gasteiger partial charge in [0, 0.05) is 38.7 Å². The Labute approximate surface area is 249 Å². The van der Waals surface area contributed by atoms with Gasteiger partial charge in [0.2, 0.25) is 11.8 Å². The topological polar surface area (TPSA) is 88.2 Å². The molecule has 1 aliphatic rings. The molecule has 0 unspecified atom stereocenters. The molecule has 0 saturated carbocycles. The van der Waals surface area contributed by atoms with Crippen LogP contribution in [0.2, 0.25) is 0 Å². The first kappa shape index (κ1) is 32.9. The van der Waals surface area contributed by atoms with Crippen LogP contribution in [0.3, 0.4) is 0 Å². The minimum absolute atomic E-state index is 0.146. The molecular weight excluding hydrogens is 537 g/mol. The lowest BCUT2D eigenvalue weighted by Gasteiger charge is -2.42. The van der Waals surface area contributed by atoms with E-state index in [0.29, 0.717) is 37.6 Å². The van der Waals surface area contributed by atoms with E-state index in [0.717, 1.165) is 31.2 Å². The fraction of sp³-hybridized carbons (Fsp3) is 0.545. The lowest BCUT2D eigenvalue weighted by atomic mass is 9.96. The highest BCUT2D eigenvalue weighted by Crippen LogP contribution is 2.24. The zero-order valence-corrected chi connectivity index (χ0v) is 25.7. The summed E-state index contributed by atoms with van der Waals surface area (Å²) in [7, 11) is 0. The van der Waals surface area contributed by atoms with Crippen LogP contribution in [0.1, 0.15) is 77.8 Å². The second-order valence-corrected chi connectivity index (χ2v) is 12.0. The number of hydrogen-bond acceptors (Lipinski definition) is 5. The van der Waals surface area contributed by atoms with Crippen LogP contribution >= 0.6 is 0 Å². The van der Waals surface area contributed by atoms with Gasteiger partial charge in [-0.2, -0.15) is 0 Å². The summed E-state index contributed by atoms with van der Waals surface area (Å²) in [6.45, 7) is 10.4. The molecule has 9 heteroatoms. The highest BCUT2D eigenvalue weighted by atomic mass is 19.1. The second-order valence-electron chi connectivity index (χ2n) is 12.0. The summed E-state index contributed by atoms with van der Waals surface area (Å²) in [5, 5.41) is 2.92. The number of piperazine rings is 1. The number of nitrogens with zero attached hydrogens (tertiary/aromatic N) is 2. The van der Waals surface area contributed by atoms with Gasteiger partial charge in [-0.25, -0.2) is 9.18 Å². The highest BCUT2D eigenvalue weighted by Gasteiger charge is 2.40. The van der Waals surface area contributed by atoms with E-state index in [2.05, 4.69) is 12.2 Å². The van der Waals surface area contributed by atoms with Crippen molar-refractivity contribution in [3.8, 4) is 5.75 Å². The van der Waals surface area contributed by atoms with Crippen molar-refractivity contribution in [2.24, 2.45) is 0 Å². The van der Waals surface area contributed by atoms with Gasteiger partial charge in [-0.1, -0.05) is 56.5 Å². The quantitative estimate of drug-likeness (QED) is 0.298. The Morgan fingerprint density at radius 2 is 1.79 bits per heavy atom. The van der Waals surface area contributed by atoms with Gasteiger partial charge in [0.05, 0.1) is 6.61 Å². The number of carbonyl (C=O) groups excluding carboxylic acids is 3. The monoisotopic (exact) mass is 583 g/mol. The van der Waals surface area contributed by atoms with Crippen LogP contribution in [0.5, 0.6) is 5.75 Å². The summed E-state index contributed by atoms with van der Waals surface area (Å²) in [5.41, 5.74) is 0.874. The van der Waals surface area contributed by atoms with E-state index < -0.39 is 29.6 Å². The van der Waals surface area contributed by atoms with E-state index in [1.165, 1.54) is 24.0 Å². The average molecular weight is 584 g/mol. The maximum Gasteiger partial charge on any atom is 0.411 e. The molecule has 1 saturated heterocycles. The number of nitrogens with one attached hydrogen (secondary N) is 1. The van der Waals surface area contributed by atoms with E-state index in [9.17, 15) is 18.8 Å². The molecule has 0 aromatic heterocycles. The van der Waals surface area contributed by atoms with Crippen molar-refractivity contribution in [1.82, 2.24) is 15.1 Å². The Balaban J connectivity index is 1.82. The van der Waals surface area contributed by atoms with E-state index in [-0.39, 0.29) is 24.7 Å². The summed E-state index contributed by atoms with van der Waals surface area (Å²) >= 11 is 0. The Morgan fingerprint density at radius 3 is 2.45 bits per heavy atom. The number of amides is 3. The Hall–Kier alpha value is -3.62. The number of hydrogen-bond donors (Lipinski definition) is 1. The van der Waals surface area contributed by atoms with Crippen molar-refractivity contribution >= 4 is 17.9 Å². The molecule has 0 radical (unpaired) electrons. The Bertz CT molecular complexity index is 1180. The molecule has 2 atom stereocenters. The third-order valence-electron chi connectivity index (χ3n) is 7.02. The van der Waals surface area contributed by atoms with E-state index in [1.807, 2.05) is 30.3 Å². The smallest absolute Gasteiger partial charge is 0.411 e.